The monoisotopic (exact) mass is 393 g/mol. The molecule has 1 N–H and O–H groups in total. The van der Waals surface area contributed by atoms with E-state index in [2.05, 4.69) is 19.2 Å². The molecule has 1 aliphatic carbocycles. The number of aryl methyl sites for hydroxylation is 2. The van der Waals surface area contributed by atoms with E-state index in [1.807, 2.05) is 11.5 Å². The van der Waals surface area contributed by atoms with Crippen molar-refractivity contribution >= 4 is 39.2 Å². The Labute approximate surface area is 162 Å². The number of thiophene rings is 1. The fraction of sp³-hybridized carbons (Fsp3) is 0.632. The van der Waals surface area contributed by atoms with E-state index in [0.29, 0.717) is 11.7 Å². The van der Waals surface area contributed by atoms with E-state index in [-0.39, 0.29) is 23.3 Å². The van der Waals surface area contributed by atoms with Crippen molar-refractivity contribution in [1.82, 2.24) is 14.9 Å². The third kappa shape index (κ3) is 3.83. The van der Waals surface area contributed by atoms with Crippen molar-refractivity contribution in [3.8, 4) is 0 Å². The molecule has 0 bridgehead atoms. The van der Waals surface area contributed by atoms with Crippen molar-refractivity contribution < 1.29 is 4.79 Å². The molecule has 0 aliphatic heterocycles. The van der Waals surface area contributed by atoms with Gasteiger partial charge >= 0.3 is 0 Å². The van der Waals surface area contributed by atoms with Crippen LogP contribution in [0.15, 0.2) is 9.95 Å². The predicted molar refractivity (Wildman–Crippen MR) is 110 cm³/mol. The van der Waals surface area contributed by atoms with Gasteiger partial charge in [-0.2, -0.15) is 0 Å². The molecule has 2 aromatic rings. The Morgan fingerprint density at radius 2 is 2.08 bits per heavy atom. The molecule has 1 aliphatic rings. The molecule has 0 saturated carbocycles. The molecule has 0 fully saturated rings. The molecule has 0 saturated heterocycles. The minimum absolute atomic E-state index is 0.0236. The van der Waals surface area contributed by atoms with E-state index in [1.54, 1.807) is 11.3 Å². The number of hydrogen-bond acceptors (Lipinski definition) is 5. The van der Waals surface area contributed by atoms with Crippen LogP contribution in [0.4, 0.5) is 0 Å². The lowest BCUT2D eigenvalue weighted by molar-refractivity contribution is -0.118. The molecule has 5 nitrogen and oxygen atoms in total. The summed E-state index contributed by atoms with van der Waals surface area (Å²) >= 11 is 3.04. The average molecular weight is 394 g/mol. The minimum atomic E-state index is -0.0236. The van der Waals surface area contributed by atoms with E-state index < -0.39 is 0 Å². The molecule has 0 spiro atoms. The average Bonchev–Trinajstić information content (AvgIpc) is 2.81. The smallest absolute Gasteiger partial charge is 0.263 e. The van der Waals surface area contributed by atoms with Gasteiger partial charge in [-0.05, 0) is 51.5 Å². The van der Waals surface area contributed by atoms with Gasteiger partial charge in [0.2, 0.25) is 5.91 Å². The lowest BCUT2D eigenvalue weighted by Gasteiger charge is -2.17. The maximum Gasteiger partial charge on any atom is 0.263 e. The number of fused-ring (bicyclic) bond motifs is 3. The molecule has 142 valence electrons. The number of hydrogen-bond donors (Lipinski definition) is 1. The molecular formula is C19H27N3O2S2. The van der Waals surface area contributed by atoms with Crippen LogP contribution in [0.3, 0.4) is 0 Å². The molecule has 2 aromatic heterocycles. The van der Waals surface area contributed by atoms with Gasteiger partial charge in [0.15, 0.2) is 5.16 Å². The number of rotatable bonds is 6. The van der Waals surface area contributed by atoms with E-state index in [0.717, 1.165) is 35.9 Å². The Morgan fingerprint density at radius 1 is 1.31 bits per heavy atom. The molecule has 1 unspecified atom stereocenters. The Hall–Kier alpha value is -1.34. The van der Waals surface area contributed by atoms with Gasteiger partial charge < -0.3 is 5.32 Å². The SMILES string of the molecule is CCNC(=O)CSc1nc2sc3c(c2c(=O)n1C(C)CC)CCCCC3. The summed E-state index contributed by atoms with van der Waals surface area (Å²) in [5.41, 5.74) is 1.31. The molecule has 0 aromatic carbocycles. The molecule has 7 heteroatoms. The minimum Gasteiger partial charge on any atom is -0.356 e. The summed E-state index contributed by atoms with van der Waals surface area (Å²) in [4.78, 5) is 32.3. The fourth-order valence-corrected chi connectivity index (χ4v) is 5.66. The number of aromatic nitrogens is 2. The van der Waals surface area contributed by atoms with Crippen LogP contribution >= 0.6 is 23.1 Å². The number of carbonyl (C=O) groups is 1. The third-order valence-corrected chi connectivity index (χ3v) is 7.11. The first-order valence-electron chi connectivity index (χ1n) is 9.53. The summed E-state index contributed by atoms with van der Waals surface area (Å²) < 4.78 is 1.81. The van der Waals surface area contributed by atoms with Gasteiger partial charge in [-0.15, -0.1) is 11.3 Å². The Bertz CT molecular complexity index is 857. The molecule has 1 atom stereocenters. The first-order chi connectivity index (χ1) is 12.6. The lowest BCUT2D eigenvalue weighted by atomic mass is 10.1. The van der Waals surface area contributed by atoms with Crippen molar-refractivity contribution in [2.75, 3.05) is 12.3 Å². The van der Waals surface area contributed by atoms with Gasteiger partial charge in [0.05, 0.1) is 11.1 Å². The standard InChI is InChI=1S/C19H27N3O2S2/c1-4-12(3)22-18(24)16-13-9-7-6-8-10-14(13)26-17(16)21-19(22)25-11-15(23)20-5-2/h12H,4-11H2,1-3H3,(H,20,23). The highest BCUT2D eigenvalue weighted by atomic mass is 32.2. The second-order valence-electron chi connectivity index (χ2n) is 6.81. The van der Waals surface area contributed by atoms with Crippen LogP contribution < -0.4 is 10.9 Å². The van der Waals surface area contributed by atoms with Crippen LogP contribution in [0.2, 0.25) is 0 Å². The quantitative estimate of drug-likeness (QED) is 0.459. The molecular weight excluding hydrogens is 366 g/mol. The van der Waals surface area contributed by atoms with Gasteiger partial charge in [0.25, 0.3) is 5.56 Å². The van der Waals surface area contributed by atoms with Crippen LogP contribution in [0.1, 0.15) is 62.9 Å². The van der Waals surface area contributed by atoms with Crippen molar-refractivity contribution in [2.24, 2.45) is 0 Å². The predicted octanol–water partition coefficient (Wildman–Crippen LogP) is 3.93. The highest BCUT2D eigenvalue weighted by molar-refractivity contribution is 7.99. The van der Waals surface area contributed by atoms with Gasteiger partial charge in [-0.1, -0.05) is 25.1 Å². The molecule has 0 radical (unpaired) electrons. The first kappa shape index (κ1) is 19.4. The van der Waals surface area contributed by atoms with Gasteiger partial charge in [-0.3, -0.25) is 14.2 Å². The number of thioether (sulfide) groups is 1. The Kier molecular flexibility index (Phi) is 6.40. The van der Waals surface area contributed by atoms with Crippen molar-refractivity contribution in [2.45, 2.75) is 70.5 Å². The fourth-order valence-electron chi connectivity index (χ4n) is 3.43. The highest BCUT2D eigenvalue weighted by Gasteiger charge is 2.23. The normalized spacial score (nSPS) is 15.5. The van der Waals surface area contributed by atoms with E-state index in [9.17, 15) is 9.59 Å². The van der Waals surface area contributed by atoms with Crippen LogP contribution in [0.25, 0.3) is 10.2 Å². The Balaban J connectivity index is 2.09. The number of carbonyl (C=O) groups excluding carboxylic acids is 1. The molecule has 2 heterocycles. The zero-order chi connectivity index (χ0) is 18.7. The van der Waals surface area contributed by atoms with E-state index >= 15 is 0 Å². The van der Waals surface area contributed by atoms with E-state index in [4.69, 9.17) is 4.98 Å². The second kappa shape index (κ2) is 8.57. The topological polar surface area (TPSA) is 64.0 Å². The van der Waals surface area contributed by atoms with Gasteiger partial charge in [-0.25, -0.2) is 4.98 Å². The summed E-state index contributed by atoms with van der Waals surface area (Å²) in [5.74, 6) is 0.261. The zero-order valence-electron chi connectivity index (χ0n) is 15.8. The lowest BCUT2D eigenvalue weighted by Crippen LogP contribution is -2.28. The molecule has 26 heavy (non-hydrogen) atoms. The zero-order valence-corrected chi connectivity index (χ0v) is 17.4. The van der Waals surface area contributed by atoms with Crippen LogP contribution in [0, 0.1) is 0 Å². The number of amides is 1. The largest absolute Gasteiger partial charge is 0.356 e. The van der Waals surface area contributed by atoms with Crippen molar-refractivity contribution in [3.05, 3.63) is 20.8 Å². The van der Waals surface area contributed by atoms with Gasteiger partial charge in [0, 0.05) is 17.5 Å². The summed E-state index contributed by atoms with van der Waals surface area (Å²) in [6.07, 6.45) is 6.47. The maximum absolute atomic E-state index is 13.4. The van der Waals surface area contributed by atoms with Gasteiger partial charge in [0.1, 0.15) is 4.83 Å². The summed E-state index contributed by atoms with van der Waals surface area (Å²) in [5, 5.41) is 4.30. The van der Waals surface area contributed by atoms with Crippen molar-refractivity contribution in [1.29, 1.82) is 0 Å². The second-order valence-corrected chi connectivity index (χ2v) is 8.84. The Morgan fingerprint density at radius 3 is 2.81 bits per heavy atom. The maximum atomic E-state index is 13.4. The first-order valence-corrected chi connectivity index (χ1v) is 11.3. The number of nitrogens with zero attached hydrogens (tertiary/aromatic N) is 2. The van der Waals surface area contributed by atoms with Crippen LogP contribution in [0.5, 0.6) is 0 Å². The number of nitrogens with one attached hydrogen (secondary N) is 1. The van der Waals surface area contributed by atoms with Crippen LogP contribution in [-0.4, -0.2) is 27.8 Å². The third-order valence-electron chi connectivity index (χ3n) is 4.98. The summed E-state index contributed by atoms with van der Waals surface area (Å²) in [6.45, 7) is 6.64. The summed E-state index contributed by atoms with van der Waals surface area (Å²) in [7, 11) is 0. The van der Waals surface area contributed by atoms with Crippen LogP contribution in [-0.2, 0) is 17.6 Å². The van der Waals surface area contributed by atoms with E-state index in [1.165, 1.54) is 35.0 Å². The summed E-state index contributed by atoms with van der Waals surface area (Å²) in [6, 6.07) is 0.0671. The van der Waals surface area contributed by atoms with Crippen molar-refractivity contribution in [3.63, 3.8) is 0 Å². The highest BCUT2D eigenvalue weighted by Crippen LogP contribution is 2.34. The molecule has 3 rings (SSSR count). The molecule has 1 amide bonds.